The molecular formula is C11H11Cl2F2NO3S. The highest BCUT2D eigenvalue weighted by Gasteiger charge is 2.29. The summed E-state index contributed by atoms with van der Waals surface area (Å²) in [5.41, 5.74) is -0.458. The van der Waals surface area contributed by atoms with Gasteiger partial charge in [-0.1, -0.05) is 18.5 Å². The number of hydrogen-bond acceptors (Lipinski definition) is 3. The van der Waals surface area contributed by atoms with Gasteiger partial charge in [-0.3, -0.25) is 4.79 Å². The summed E-state index contributed by atoms with van der Waals surface area (Å²) in [7, 11) is 1.82. The molecule has 1 aromatic carbocycles. The number of hydrogen-bond donors (Lipinski definition) is 0. The summed E-state index contributed by atoms with van der Waals surface area (Å²) >= 11 is 5.69. The first-order valence-corrected chi connectivity index (χ1v) is 8.17. The van der Waals surface area contributed by atoms with Crippen molar-refractivity contribution in [2.24, 2.45) is 0 Å². The van der Waals surface area contributed by atoms with Gasteiger partial charge in [0, 0.05) is 24.3 Å². The molecule has 0 aliphatic carbocycles. The van der Waals surface area contributed by atoms with Gasteiger partial charge in [-0.05, 0) is 12.5 Å². The number of halogens is 4. The van der Waals surface area contributed by atoms with Crippen LogP contribution >= 0.6 is 22.3 Å². The number of carbonyl (C=O) groups is 1. The Balaban J connectivity index is 3.52. The Kier molecular flexibility index (Phi) is 5.34. The largest absolute Gasteiger partial charge is 0.342 e. The first-order chi connectivity index (χ1) is 9.11. The Morgan fingerprint density at radius 2 is 1.95 bits per heavy atom. The Labute approximate surface area is 124 Å². The fraction of sp³-hybridized carbons (Fsp3) is 0.364. The molecule has 9 heteroatoms. The van der Waals surface area contributed by atoms with Gasteiger partial charge in [-0.15, -0.1) is 0 Å². The summed E-state index contributed by atoms with van der Waals surface area (Å²) in [4.78, 5) is 12.0. The maximum Gasteiger partial charge on any atom is 0.265 e. The van der Waals surface area contributed by atoms with Crippen LogP contribution in [0.3, 0.4) is 0 Å². The Hall–Kier alpha value is -0.920. The van der Waals surface area contributed by atoms with Crippen LogP contribution in [-0.2, 0) is 9.05 Å². The fourth-order valence-corrected chi connectivity index (χ4v) is 3.30. The molecule has 0 aromatic heterocycles. The zero-order valence-corrected chi connectivity index (χ0v) is 12.9. The molecule has 4 nitrogen and oxygen atoms in total. The van der Waals surface area contributed by atoms with Crippen LogP contribution in [-0.4, -0.2) is 32.8 Å². The van der Waals surface area contributed by atoms with Gasteiger partial charge in [0.05, 0.1) is 10.6 Å². The van der Waals surface area contributed by atoms with Crippen LogP contribution in [0.2, 0.25) is 5.02 Å². The predicted molar refractivity (Wildman–Crippen MR) is 71.7 cm³/mol. The molecule has 0 saturated heterocycles. The highest BCUT2D eigenvalue weighted by atomic mass is 35.7. The summed E-state index contributed by atoms with van der Waals surface area (Å²) in [6.45, 7) is 2.16. The van der Waals surface area contributed by atoms with E-state index in [1.807, 2.05) is 6.92 Å². The molecule has 0 unspecified atom stereocenters. The van der Waals surface area contributed by atoms with Gasteiger partial charge < -0.3 is 4.90 Å². The average Bonchev–Trinajstić information content (AvgIpc) is 2.31. The molecule has 112 valence electrons. The van der Waals surface area contributed by atoms with E-state index in [0.717, 1.165) is 0 Å². The molecule has 0 N–H and O–H groups in total. The third kappa shape index (κ3) is 3.39. The number of nitrogens with zero attached hydrogens (tertiary/aromatic N) is 1. The lowest BCUT2D eigenvalue weighted by Gasteiger charge is -2.18. The smallest absolute Gasteiger partial charge is 0.265 e. The monoisotopic (exact) mass is 345 g/mol. The molecule has 0 heterocycles. The van der Waals surface area contributed by atoms with Crippen molar-refractivity contribution >= 4 is 37.2 Å². The van der Waals surface area contributed by atoms with E-state index in [4.69, 9.17) is 22.3 Å². The summed E-state index contributed by atoms with van der Waals surface area (Å²) in [6.07, 6.45) is 0.629. The minimum absolute atomic E-state index is 0.344. The summed E-state index contributed by atoms with van der Waals surface area (Å²) in [5.74, 6) is -3.95. The Bertz CT molecular complexity index is 650. The molecule has 0 atom stereocenters. The number of rotatable bonds is 4. The zero-order chi connectivity index (χ0) is 15.7. The molecule has 1 aromatic rings. The molecule has 0 radical (unpaired) electrons. The molecular weight excluding hydrogens is 335 g/mol. The first-order valence-electron chi connectivity index (χ1n) is 5.48. The minimum Gasteiger partial charge on any atom is -0.342 e. The molecule has 0 fully saturated rings. The van der Waals surface area contributed by atoms with E-state index in [2.05, 4.69) is 0 Å². The zero-order valence-electron chi connectivity index (χ0n) is 10.6. The fourth-order valence-electron chi connectivity index (χ4n) is 1.59. The number of benzene rings is 1. The lowest BCUT2D eigenvalue weighted by Crippen LogP contribution is -2.28. The van der Waals surface area contributed by atoms with E-state index in [-0.39, 0.29) is 0 Å². The van der Waals surface area contributed by atoms with Gasteiger partial charge in [0.25, 0.3) is 15.0 Å². The third-order valence-corrected chi connectivity index (χ3v) is 4.33. The number of carbonyl (C=O) groups excluding carboxylic acids is 1. The van der Waals surface area contributed by atoms with Gasteiger partial charge >= 0.3 is 0 Å². The van der Waals surface area contributed by atoms with Crippen LogP contribution in [0.4, 0.5) is 8.78 Å². The summed E-state index contributed by atoms with van der Waals surface area (Å²) in [6, 6.07) is 0.553. The first kappa shape index (κ1) is 17.1. The SMILES string of the molecule is CCCN(C)C(=O)c1cc(F)c(F)c(S(=O)(=O)Cl)c1Cl. The van der Waals surface area contributed by atoms with E-state index in [1.54, 1.807) is 0 Å². The molecule has 20 heavy (non-hydrogen) atoms. The van der Waals surface area contributed by atoms with Gasteiger partial charge in [0.15, 0.2) is 11.6 Å². The maximum absolute atomic E-state index is 13.5. The van der Waals surface area contributed by atoms with Gasteiger partial charge in [-0.2, -0.15) is 0 Å². The normalized spacial score (nSPS) is 11.5. The molecule has 0 saturated carbocycles. The van der Waals surface area contributed by atoms with Crippen molar-refractivity contribution in [3.8, 4) is 0 Å². The van der Waals surface area contributed by atoms with Crippen LogP contribution in [0.5, 0.6) is 0 Å². The van der Waals surface area contributed by atoms with Gasteiger partial charge in [-0.25, -0.2) is 17.2 Å². The van der Waals surface area contributed by atoms with Crippen LogP contribution in [0, 0.1) is 11.6 Å². The third-order valence-electron chi connectivity index (χ3n) is 2.50. The lowest BCUT2D eigenvalue weighted by molar-refractivity contribution is 0.0794. The molecule has 0 bridgehead atoms. The van der Waals surface area contributed by atoms with Crippen LogP contribution in [0.15, 0.2) is 11.0 Å². The molecule has 1 rings (SSSR count). The average molecular weight is 346 g/mol. The van der Waals surface area contributed by atoms with Crippen LogP contribution < -0.4 is 0 Å². The van der Waals surface area contributed by atoms with E-state index in [9.17, 15) is 22.0 Å². The number of amides is 1. The van der Waals surface area contributed by atoms with Crippen molar-refractivity contribution in [2.45, 2.75) is 18.2 Å². The second-order valence-corrected chi connectivity index (χ2v) is 6.91. The minimum atomic E-state index is -4.63. The quantitative estimate of drug-likeness (QED) is 0.622. The molecule has 0 spiro atoms. The highest BCUT2D eigenvalue weighted by Crippen LogP contribution is 2.33. The van der Waals surface area contributed by atoms with Gasteiger partial charge in [0.1, 0.15) is 4.90 Å². The molecule has 0 aliphatic heterocycles. The molecule has 0 aliphatic rings. The van der Waals surface area contributed by atoms with Crippen molar-refractivity contribution in [1.29, 1.82) is 0 Å². The van der Waals surface area contributed by atoms with Crippen molar-refractivity contribution in [3.63, 3.8) is 0 Å². The van der Waals surface area contributed by atoms with Crippen molar-refractivity contribution in [2.75, 3.05) is 13.6 Å². The second-order valence-electron chi connectivity index (χ2n) is 4.03. The van der Waals surface area contributed by atoms with E-state index < -0.39 is 42.1 Å². The molecule has 1 amide bonds. The van der Waals surface area contributed by atoms with Crippen molar-refractivity contribution in [1.82, 2.24) is 4.90 Å². The summed E-state index contributed by atoms with van der Waals surface area (Å²) < 4.78 is 49.4. The van der Waals surface area contributed by atoms with Crippen molar-refractivity contribution in [3.05, 3.63) is 28.3 Å². The van der Waals surface area contributed by atoms with E-state index >= 15 is 0 Å². The van der Waals surface area contributed by atoms with E-state index in [1.165, 1.54) is 11.9 Å². The van der Waals surface area contributed by atoms with Gasteiger partial charge in [0.2, 0.25) is 0 Å². The maximum atomic E-state index is 13.5. The standard InChI is InChI=1S/C11H11Cl2F2NO3S/c1-3-4-16(2)11(17)6-5-7(14)9(15)10(8(6)12)20(13,18)19/h5H,3-4H2,1-2H3. The lowest BCUT2D eigenvalue weighted by atomic mass is 10.2. The van der Waals surface area contributed by atoms with E-state index in [0.29, 0.717) is 19.0 Å². The highest BCUT2D eigenvalue weighted by molar-refractivity contribution is 8.13. The van der Waals surface area contributed by atoms with Crippen molar-refractivity contribution < 1.29 is 22.0 Å². The van der Waals surface area contributed by atoms with Crippen LogP contribution in [0.1, 0.15) is 23.7 Å². The Morgan fingerprint density at radius 3 is 2.40 bits per heavy atom. The van der Waals surface area contributed by atoms with Crippen LogP contribution in [0.25, 0.3) is 0 Å². The Morgan fingerprint density at radius 1 is 1.40 bits per heavy atom. The summed E-state index contributed by atoms with van der Waals surface area (Å²) in [5, 5.41) is -0.730. The second kappa shape index (κ2) is 6.24. The predicted octanol–water partition coefficient (Wildman–Crippen LogP) is 3.03. The topological polar surface area (TPSA) is 54.5 Å².